The zero-order chi connectivity index (χ0) is 13.1. The molecule has 18 heavy (non-hydrogen) atoms. The first-order chi connectivity index (χ1) is 8.58. The van der Waals surface area contributed by atoms with Gasteiger partial charge in [0.2, 0.25) is 0 Å². The summed E-state index contributed by atoms with van der Waals surface area (Å²) in [5.41, 5.74) is 0.777. The Bertz CT molecular complexity index is 385. The molecule has 1 aromatic rings. The minimum Gasteiger partial charge on any atom is -0.207 e. The third-order valence-electron chi connectivity index (χ3n) is 4.00. The summed E-state index contributed by atoms with van der Waals surface area (Å²) in [5.74, 6) is 0.310. The van der Waals surface area contributed by atoms with Crippen molar-refractivity contribution in [3.63, 3.8) is 0 Å². The number of rotatable bonds is 3. The van der Waals surface area contributed by atoms with Crippen LogP contribution in [0.25, 0.3) is 0 Å². The first-order valence-corrected chi connectivity index (χ1v) is 7.59. The molecule has 0 bridgehead atoms. The zero-order valence-corrected chi connectivity index (χ0v) is 12.2. The monoisotopic (exact) mass is 316 g/mol. The van der Waals surface area contributed by atoms with Crippen LogP contribution in [0.5, 0.6) is 0 Å². The molecule has 0 spiro atoms. The second kappa shape index (κ2) is 6.14. The van der Waals surface area contributed by atoms with Crippen LogP contribution in [0.15, 0.2) is 18.2 Å². The molecule has 1 aliphatic rings. The van der Waals surface area contributed by atoms with E-state index in [2.05, 4.69) is 22.9 Å². The predicted molar refractivity (Wildman–Crippen MR) is 73.9 cm³/mol. The lowest BCUT2D eigenvalue weighted by molar-refractivity contribution is 0.271. The Morgan fingerprint density at radius 1 is 1.17 bits per heavy atom. The largest absolute Gasteiger partial charge is 0.207 e. The molecule has 1 saturated carbocycles. The van der Waals surface area contributed by atoms with E-state index in [9.17, 15) is 8.78 Å². The molecular formula is C15H19BrF2. The van der Waals surface area contributed by atoms with Crippen LogP contribution in [0.1, 0.15) is 38.2 Å². The van der Waals surface area contributed by atoms with Crippen molar-refractivity contribution in [2.75, 3.05) is 0 Å². The van der Waals surface area contributed by atoms with E-state index >= 15 is 0 Å². The van der Waals surface area contributed by atoms with E-state index in [-0.39, 0.29) is 0 Å². The normalized spacial score (nSPS) is 28.3. The Morgan fingerprint density at radius 2 is 1.83 bits per heavy atom. The fraction of sp³-hybridized carbons (Fsp3) is 0.600. The lowest BCUT2D eigenvalue weighted by atomic mass is 9.77. The molecule has 1 fully saturated rings. The zero-order valence-electron chi connectivity index (χ0n) is 10.6. The van der Waals surface area contributed by atoms with E-state index in [1.54, 1.807) is 0 Å². The first kappa shape index (κ1) is 14.0. The van der Waals surface area contributed by atoms with Crippen molar-refractivity contribution in [1.82, 2.24) is 0 Å². The van der Waals surface area contributed by atoms with Gasteiger partial charge < -0.3 is 0 Å². The number of alkyl halides is 1. The summed E-state index contributed by atoms with van der Waals surface area (Å²) in [6.07, 6.45) is 5.56. The van der Waals surface area contributed by atoms with Crippen LogP contribution in [-0.4, -0.2) is 4.83 Å². The maximum absolute atomic E-state index is 13.2. The van der Waals surface area contributed by atoms with Crippen molar-refractivity contribution in [2.24, 2.45) is 11.8 Å². The second-order valence-corrected chi connectivity index (χ2v) is 6.52. The summed E-state index contributed by atoms with van der Waals surface area (Å²) >= 11 is 3.72. The lowest BCUT2D eigenvalue weighted by Crippen LogP contribution is -2.26. The predicted octanol–water partition coefficient (Wildman–Crippen LogP) is 5.10. The van der Waals surface area contributed by atoms with E-state index in [0.717, 1.165) is 30.4 Å². The third kappa shape index (κ3) is 3.53. The van der Waals surface area contributed by atoms with Crippen molar-refractivity contribution in [1.29, 1.82) is 0 Å². The number of hydrogen-bond donors (Lipinski definition) is 0. The van der Waals surface area contributed by atoms with Gasteiger partial charge in [0.25, 0.3) is 0 Å². The van der Waals surface area contributed by atoms with Gasteiger partial charge >= 0.3 is 0 Å². The van der Waals surface area contributed by atoms with Crippen LogP contribution in [-0.2, 0) is 6.42 Å². The highest BCUT2D eigenvalue weighted by Crippen LogP contribution is 2.37. The maximum atomic E-state index is 13.2. The van der Waals surface area contributed by atoms with E-state index in [0.29, 0.717) is 10.7 Å². The van der Waals surface area contributed by atoms with Crippen molar-refractivity contribution in [2.45, 2.75) is 43.9 Å². The van der Waals surface area contributed by atoms with Gasteiger partial charge in [-0.2, -0.15) is 0 Å². The van der Waals surface area contributed by atoms with Crippen molar-refractivity contribution in [3.05, 3.63) is 35.4 Å². The highest BCUT2D eigenvalue weighted by Gasteiger charge is 2.28. The number of hydrogen-bond acceptors (Lipinski definition) is 0. The van der Waals surface area contributed by atoms with E-state index in [1.807, 2.05) is 0 Å². The van der Waals surface area contributed by atoms with Crippen LogP contribution in [0, 0.1) is 23.5 Å². The fourth-order valence-electron chi connectivity index (χ4n) is 2.94. The molecule has 100 valence electrons. The summed E-state index contributed by atoms with van der Waals surface area (Å²) in [7, 11) is 0. The van der Waals surface area contributed by atoms with Crippen LogP contribution >= 0.6 is 15.9 Å². The summed E-state index contributed by atoms with van der Waals surface area (Å²) in [6, 6.07) is 3.85. The van der Waals surface area contributed by atoms with Crippen molar-refractivity contribution in [3.8, 4) is 0 Å². The molecule has 2 rings (SSSR count). The van der Waals surface area contributed by atoms with Gasteiger partial charge in [0.05, 0.1) is 0 Å². The molecule has 0 radical (unpaired) electrons. The Balaban J connectivity index is 2.06. The van der Waals surface area contributed by atoms with Crippen LogP contribution < -0.4 is 0 Å². The van der Waals surface area contributed by atoms with Gasteiger partial charge in [0, 0.05) is 10.9 Å². The van der Waals surface area contributed by atoms with Crippen LogP contribution in [0.4, 0.5) is 8.78 Å². The molecule has 3 unspecified atom stereocenters. The number of halogens is 3. The lowest BCUT2D eigenvalue weighted by Gasteiger charge is -2.33. The molecule has 0 saturated heterocycles. The SMILES string of the molecule is CCC1CCC(Br)C(Cc2cc(F)cc(F)c2)C1. The van der Waals surface area contributed by atoms with Gasteiger partial charge in [-0.25, -0.2) is 8.78 Å². The smallest absolute Gasteiger partial charge is 0.126 e. The average Bonchev–Trinajstić information content (AvgIpc) is 2.30. The van der Waals surface area contributed by atoms with Gasteiger partial charge in [-0.15, -0.1) is 0 Å². The Hall–Kier alpha value is -0.440. The molecular weight excluding hydrogens is 298 g/mol. The summed E-state index contributed by atoms with van der Waals surface area (Å²) in [5, 5.41) is 0. The van der Waals surface area contributed by atoms with E-state index in [4.69, 9.17) is 0 Å². The summed E-state index contributed by atoms with van der Waals surface area (Å²) in [4.78, 5) is 0.478. The average molecular weight is 317 g/mol. The molecule has 3 heteroatoms. The molecule has 1 aromatic carbocycles. The molecule has 0 aliphatic heterocycles. The van der Waals surface area contributed by atoms with Crippen molar-refractivity contribution >= 4 is 15.9 Å². The van der Waals surface area contributed by atoms with Crippen molar-refractivity contribution < 1.29 is 8.78 Å². The quantitative estimate of drug-likeness (QED) is 0.681. The summed E-state index contributed by atoms with van der Waals surface area (Å²) in [6.45, 7) is 2.22. The Morgan fingerprint density at radius 3 is 2.44 bits per heavy atom. The van der Waals surface area contributed by atoms with Crippen LogP contribution in [0.2, 0.25) is 0 Å². The van der Waals surface area contributed by atoms with E-state index < -0.39 is 11.6 Å². The first-order valence-electron chi connectivity index (χ1n) is 6.67. The maximum Gasteiger partial charge on any atom is 0.126 e. The molecule has 3 atom stereocenters. The second-order valence-electron chi connectivity index (χ2n) is 5.35. The standard InChI is InChI=1S/C15H19BrF2/c1-2-10-3-4-15(16)12(5-10)6-11-7-13(17)9-14(18)8-11/h7-10,12,15H,2-6H2,1H3. The Labute approximate surface area is 116 Å². The minimum absolute atomic E-state index is 0.473. The van der Waals surface area contributed by atoms with Gasteiger partial charge in [0.1, 0.15) is 11.6 Å². The molecule has 1 aliphatic carbocycles. The van der Waals surface area contributed by atoms with Gasteiger partial charge in [0.15, 0.2) is 0 Å². The molecule has 0 nitrogen and oxygen atoms in total. The van der Waals surface area contributed by atoms with Crippen LogP contribution in [0.3, 0.4) is 0 Å². The molecule has 0 heterocycles. The third-order valence-corrected chi connectivity index (χ3v) is 5.20. The Kier molecular flexibility index (Phi) is 4.77. The highest BCUT2D eigenvalue weighted by molar-refractivity contribution is 9.09. The number of benzene rings is 1. The molecule has 0 amide bonds. The van der Waals surface area contributed by atoms with Gasteiger partial charge in [-0.05, 0) is 55.2 Å². The topological polar surface area (TPSA) is 0 Å². The summed E-state index contributed by atoms with van der Waals surface area (Å²) < 4.78 is 26.3. The molecule has 0 N–H and O–H groups in total. The van der Waals surface area contributed by atoms with Gasteiger partial charge in [-0.1, -0.05) is 29.3 Å². The molecule has 0 aromatic heterocycles. The minimum atomic E-state index is -0.473. The highest BCUT2D eigenvalue weighted by atomic mass is 79.9. The van der Waals surface area contributed by atoms with Gasteiger partial charge in [-0.3, -0.25) is 0 Å². The van der Waals surface area contributed by atoms with E-state index in [1.165, 1.54) is 31.4 Å². The fourth-order valence-corrected chi connectivity index (χ4v) is 3.60.